The van der Waals surface area contributed by atoms with Gasteiger partial charge in [-0.1, -0.05) is 36.7 Å². The smallest absolute Gasteiger partial charge is 0.0417 e. The zero-order valence-corrected chi connectivity index (χ0v) is 12.6. The molecule has 0 aromatic heterocycles. The van der Waals surface area contributed by atoms with Crippen LogP contribution in [-0.2, 0) is 0 Å². The Bertz CT molecular complexity index is 442. The zero-order chi connectivity index (χ0) is 13.7. The van der Waals surface area contributed by atoms with Crippen molar-refractivity contribution in [1.29, 1.82) is 0 Å². The molecule has 0 fully saturated rings. The molecule has 0 spiro atoms. The molecule has 1 aromatic carbocycles. The summed E-state index contributed by atoms with van der Waals surface area (Å²) in [6, 6.07) is 9.22. The molecule has 1 aliphatic rings. The van der Waals surface area contributed by atoms with Gasteiger partial charge in [0, 0.05) is 30.4 Å². The van der Waals surface area contributed by atoms with Crippen LogP contribution in [0, 0.1) is 0 Å². The average Bonchev–Trinajstić information content (AvgIpc) is 2.60. The van der Waals surface area contributed by atoms with Gasteiger partial charge in [0.25, 0.3) is 0 Å². The van der Waals surface area contributed by atoms with Gasteiger partial charge in [0.05, 0.1) is 0 Å². The molecule has 0 aliphatic carbocycles. The highest BCUT2D eigenvalue weighted by molar-refractivity contribution is 6.25. The lowest BCUT2D eigenvalue weighted by atomic mass is 10.0. The van der Waals surface area contributed by atoms with Gasteiger partial charge in [-0.2, -0.15) is 0 Å². The van der Waals surface area contributed by atoms with Crippen LogP contribution < -0.4 is 10.2 Å². The summed E-state index contributed by atoms with van der Waals surface area (Å²) in [7, 11) is 0. The van der Waals surface area contributed by atoms with Crippen LogP contribution in [0.3, 0.4) is 0 Å². The van der Waals surface area contributed by atoms with Crippen molar-refractivity contribution in [2.45, 2.75) is 32.7 Å². The fraction of sp³-hybridized carbons (Fsp3) is 0.500. The van der Waals surface area contributed by atoms with Gasteiger partial charge in [-0.25, -0.2) is 0 Å². The van der Waals surface area contributed by atoms with Crippen molar-refractivity contribution in [2.24, 2.45) is 0 Å². The minimum atomic E-state index is 0.478. The molecule has 104 valence electrons. The maximum Gasteiger partial charge on any atom is 0.0417 e. The molecule has 1 N–H and O–H groups in total. The van der Waals surface area contributed by atoms with E-state index in [-0.39, 0.29) is 0 Å². The summed E-state index contributed by atoms with van der Waals surface area (Å²) in [5.74, 6) is 0. The lowest BCUT2D eigenvalue weighted by Gasteiger charge is -2.26. The van der Waals surface area contributed by atoms with Crippen LogP contribution in [0.5, 0.6) is 0 Å². The molecule has 0 bridgehead atoms. The normalized spacial score (nSPS) is 20.1. The number of benzene rings is 1. The van der Waals surface area contributed by atoms with E-state index in [2.05, 4.69) is 48.3 Å². The van der Waals surface area contributed by atoms with Gasteiger partial charge in [-0.3, -0.25) is 0 Å². The molecule has 0 amide bonds. The summed E-state index contributed by atoms with van der Waals surface area (Å²) in [5.41, 5.74) is 5.67. The quantitative estimate of drug-likeness (QED) is 0.893. The van der Waals surface area contributed by atoms with E-state index >= 15 is 0 Å². The average molecular weight is 279 g/mol. The van der Waals surface area contributed by atoms with E-state index in [1.165, 1.54) is 29.7 Å². The van der Waals surface area contributed by atoms with E-state index < -0.39 is 0 Å². The van der Waals surface area contributed by atoms with E-state index in [1.807, 2.05) is 0 Å². The van der Waals surface area contributed by atoms with Crippen molar-refractivity contribution >= 4 is 17.3 Å². The van der Waals surface area contributed by atoms with Crippen LogP contribution in [0.2, 0.25) is 0 Å². The van der Waals surface area contributed by atoms with E-state index in [9.17, 15) is 0 Å². The van der Waals surface area contributed by atoms with Gasteiger partial charge in [-0.05, 0) is 43.5 Å². The van der Waals surface area contributed by atoms with Gasteiger partial charge in [0.2, 0.25) is 0 Å². The van der Waals surface area contributed by atoms with Crippen molar-refractivity contribution in [3.63, 3.8) is 0 Å². The van der Waals surface area contributed by atoms with Crippen molar-refractivity contribution in [1.82, 2.24) is 5.32 Å². The monoisotopic (exact) mass is 278 g/mol. The highest BCUT2D eigenvalue weighted by Gasteiger charge is 2.21. The SMILES string of the molecule is CCNC1CCCN(C/C(C)=C/Cl)c2ccccc21. The van der Waals surface area contributed by atoms with Gasteiger partial charge >= 0.3 is 0 Å². The maximum absolute atomic E-state index is 5.82. The topological polar surface area (TPSA) is 15.3 Å². The van der Waals surface area contributed by atoms with Crippen LogP contribution in [0.4, 0.5) is 5.69 Å². The fourth-order valence-corrected chi connectivity index (χ4v) is 2.86. The van der Waals surface area contributed by atoms with Crippen molar-refractivity contribution in [2.75, 3.05) is 24.5 Å². The van der Waals surface area contributed by atoms with E-state index in [0.717, 1.165) is 19.6 Å². The lowest BCUT2D eigenvalue weighted by molar-refractivity contribution is 0.511. The van der Waals surface area contributed by atoms with Gasteiger partial charge in [0.15, 0.2) is 0 Å². The highest BCUT2D eigenvalue weighted by Crippen LogP contribution is 2.33. The van der Waals surface area contributed by atoms with Gasteiger partial charge in [0.1, 0.15) is 0 Å². The molecule has 1 heterocycles. The van der Waals surface area contributed by atoms with Crippen molar-refractivity contribution < 1.29 is 0 Å². The van der Waals surface area contributed by atoms with Crippen LogP contribution in [0.15, 0.2) is 35.4 Å². The Balaban J connectivity index is 2.30. The summed E-state index contributed by atoms with van der Waals surface area (Å²) in [6.07, 6.45) is 2.41. The molecule has 1 aliphatic heterocycles. The standard InChI is InChI=1S/C16H23ClN2/c1-3-18-15-8-6-10-19(12-13(2)11-17)16-9-5-4-7-14(15)16/h4-5,7,9,11,15,18H,3,6,8,10,12H2,1-2H3/b13-11+. The molecule has 0 saturated heterocycles. The second-order valence-corrected chi connectivity index (χ2v) is 5.41. The molecule has 1 atom stereocenters. The fourth-order valence-electron chi connectivity index (χ4n) is 2.79. The second kappa shape index (κ2) is 6.97. The summed E-state index contributed by atoms with van der Waals surface area (Å²) >= 11 is 5.82. The Labute approximate surface area is 121 Å². The first-order chi connectivity index (χ1) is 9.26. The number of para-hydroxylation sites is 1. The Kier molecular flexibility index (Phi) is 5.29. The number of hydrogen-bond acceptors (Lipinski definition) is 2. The minimum absolute atomic E-state index is 0.478. The first-order valence-corrected chi connectivity index (χ1v) is 7.53. The Morgan fingerprint density at radius 1 is 1.47 bits per heavy atom. The maximum atomic E-state index is 5.82. The molecule has 0 saturated carbocycles. The molecule has 0 radical (unpaired) electrons. The van der Waals surface area contributed by atoms with Gasteiger partial charge in [-0.15, -0.1) is 0 Å². The minimum Gasteiger partial charge on any atom is -0.367 e. The molecule has 1 unspecified atom stereocenters. The Morgan fingerprint density at radius 3 is 3.00 bits per heavy atom. The second-order valence-electron chi connectivity index (χ2n) is 5.19. The van der Waals surface area contributed by atoms with E-state index in [1.54, 1.807) is 5.54 Å². The molecular formula is C16H23ClN2. The highest BCUT2D eigenvalue weighted by atomic mass is 35.5. The number of halogens is 1. The lowest BCUT2D eigenvalue weighted by Crippen LogP contribution is -2.26. The van der Waals surface area contributed by atoms with Crippen molar-refractivity contribution in [3.05, 3.63) is 40.9 Å². The molecular weight excluding hydrogens is 256 g/mol. The molecule has 19 heavy (non-hydrogen) atoms. The first kappa shape index (κ1) is 14.4. The van der Waals surface area contributed by atoms with Crippen LogP contribution in [0.25, 0.3) is 0 Å². The molecule has 2 rings (SSSR count). The number of nitrogens with zero attached hydrogens (tertiary/aromatic N) is 1. The third-order valence-electron chi connectivity index (χ3n) is 3.65. The van der Waals surface area contributed by atoms with Gasteiger partial charge < -0.3 is 10.2 Å². The number of rotatable bonds is 4. The first-order valence-electron chi connectivity index (χ1n) is 7.09. The zero-order valence-electron chi connectivity index (χ0n) is 11.8. The number of nitrogens with one attached hydrogen (secondary N) is 1. The number of anilines is 1. The third kappa shape index (κ3) is 3.52. The summed E-state index contributed by atoms with van der Waals surface area (Å²) in [4.78, 5) is 2.45. The number of fused-ring (bicyclic) bond motifs is 1. The molecule has 3 heteroatoms. The van der Waals surface area contributed by atoms with Crippen LogP contribution in [0.1, 0.15) is 38.3 Å². The number of hydrogen-bond donors (Lipinski definition) is 1. The van der Waals surface area contributed by atoms with Crippen LogP contribution >= 0.6 is 11.6 Å². The Hall–Kier alpha value is -0.990. The predicted molar refractivity (Wildman–Crippen MR) is 83.9 cm³/mol. The third-order valence-corrected chi connectivity index (χ3v) is 4.02. The predicted octanol–water partition coefficient (Wildman–Crippen LogP) is 4.08. The van der Waals surface area contributed by atoms with Crippen molar-refractivity contribution in [3.8, 4) is 0 Å². The van der Waals surface area contributed by atoms with E-state index in [0.29, 0.717) is 6.04 Å². The summed E-state index contributed by atoms with van der Waals surface area (Å²) in [5, 5.41) is 3.60. The summed E-state index contributed by atoms with van der Waals surface area (Å²) < 4.78 is 0. The Morgan fingerprint density at radius 2 is 2.26 bits per heavy atom. The van der Waals surface area contributed by atoms with E-state index in [4.69, 9.17) is 11.6 Å². The molecule has 1 aromatic rings. The summed E-state index contributed by atoms with van der Waals surface area (Å²) in [6.45, 7) is 7.29. The molecule has 2 nitrogen and oxygen atoms in total. The largest absolute Gasteiger partial charge is 0.367 e. The van der Waals surface area contributed by atoms with Crippen LogP contribution in [-0.4, -0.2) is 19.6 Å².